The molecule has 0 radical (unpaired) electrons. The van der Waals surface area contributed by atoms with Crippen LogP contribution in [0, 0.1) is 0 Å². The summed E-state index contributed by atoms with van der Waals surface area (Å²) in [4.78, 5) is 14.0. The average molecular weight is 270 g/mol. The second-order valence-electron chi connectivity index (χ2n) is 3.91. The van der Waals surface area contributed by atoms with Crippen molar-refractivity contribution in [1.29, 1.82) is 0 Å². The van der Waals surface area contributed by atoms with E-state index in [1.807, 2.05) is 38.1 Å². The van der Waals surface area contributed by atoms with Gasteiger partial charge in [-0.1, -0.05) is 12.1 Å². The molecule has 1 aromatic carbocycles. The summed E-state index contributed by atoms with van der Waals surface area (Å²) in [6.45, 7) is 6.48. The Morgan fingerprint density at radius 3 is 2.44 bits per heavy atom. The van der Waals surface area contributed by atoms with Gasteiger partial charge >= 0.3 is 0 Å². The number of carbonyl (C=O) groups is 1. The first-order valence-electron chi connectivity index (χ1n) is 6.24. The van der Waals surface area contributed by atoms with Crippen molar-refractivity contribution in [2.45, 2.75) is 19.7 Å². The maximum Gasteiger partial charge on any atom is 0.253 e. The van der Waals surface area contributed by atoms with Crippen molar-refractivity contribution in [2.24, 2.45) is 0 Å². The standard InChI is InChI=1S/C14H20ClNO2/c1-3-16(9-10-18-4-2)14(17)13-7-5-12(11-15)6-8-13/h5-8H,3-4,9-11H2,1-2H3. The van der Waals surface area contributed by atoms with Gasteiger partial charge in [-0.2, -0.15) is 0 Å². The highest BCUT2D eigenvalue weighted by Gasteiger charge is 2.13. The fraction of sp³-hybridized carbons (Fsp3) is 0.500. The Labute approximate surface area is 114 Å². The number of alkyl halides is 1. The van der Waals surface area contributed by atoms with Crippen LogP contribution in [-0.4, -0.2) is 37.1 Å². The number of carbonyl (C=O) groups excluding carboxylic acids is 1. The molecule has 0 unspecified atom stereocenters. The van der Waals surface area contributed by atoms with E-state index in [0.717, 1.165) is 5.56 Å². The molecule has 1 aromatic rings. The van der Waals surface area contributed by atoms with Gasteiger partial charge in [0.05, 0.1) is 6.61 Å². The van der Waals surface area contributed by atoms with Crippen LogP contribution in [0.15, 0.2) is 24.3 Å². The highest BCUT2D eigenvalue weighted by molar-refractivity contribution is 6.17. The minimum atomic E-state index is 0.0401. The van der Waals surface area contributed by atoms with Crippen LogP contribution in [-0.2, 0) is 10.6 Å². The molecule has 0 aliphatic rings. The molecule has 0 atom stereocenters. The number of nitrogens with zero attached hydrogens (tertiary/aromatic N) is 1. The monoisotopic (exact) mass is 269 g/mol. The number of ether oxygens (including phenoxy) is 1. The van der Waals surface area contributed by atoms with E-state index in [-0.39, 0.29) is 5.91 Å². The molecule has 0 aromatic heterocycles. The summed E-state index contributed by atoms with van der Waals surface area (Å²) in [6.07, 6.45) is 0. The lowest BCUT2D eigenvalue weighted by atomic mass is 10.1. The van der Waals surface area contributed by atoms with Crippen molar-refractivity contribution < 1.29 is 9.53 Å². The fourth-order valence-electron chi connectivity index (χ4n) is 1.64. The van der Waals surface area contributed by atoms with Crippen LogP contribution < -0.4 is 0 Å². The quantitative estimate of drug-likeness (QED) is 0.563. The summed E-state index contributed by atoms with van der Waals surface area (Å²) in [5.74, 6) is 0.509. The molecule has 0 spiro atoms. The molecule has 0 aliphatic heterocycles. The second kappa shape index (κ2) is 8.11. The molecule has 100 valence electrons. The normalized spacial score (nSPS) is 10.4. The first-order valence-corrected chi connectivity index (χ1v) is 6.78. The third-order valence-corrected chi connectivity index (χ3v) is 3.04. The van der Waals surface area contributed by atoms with E-state index in [1.54, 1.807) is 4.90 Å². The SMILES string of the molecule is CCOCCN(CC)C(=O)c1ccc(CCl)cc1. The summed E-state index contributed by atoms with van der Waals surface area (Å²) in [5.41, 5.74) is 1.72. The lowest BCUT2D eigenvalue weighted by molar-refractivity contribution is 0.0669. The molecule has 0 N–H and O–H groups in total. The third-order valence-electron chi connectivity index (χ3n) is 2.73. The number of rotatable bonds is 7. The van der Waals surface area contributed by atoms with Crippen LogP contribution in [0.3, 0.4) is 0 Å². The fourth-order valence-corrected chi connectivity index (χ4v) is 1.82. The van der Waals surface area contributed by atoms with Gasteiger partial charge in [-0.05, 0) is 31.5 Å². The molecule has 1 amide bonds. The lowest BCUT2D eigenvalue weighted by Crippen LogP contribution is -2.33. The van der Waals surface area contributed by atoms with Crippen molar-refractivity contribution in [3.8, 4) is 0 Å². The predicted molar refractivity (Wildman–Crippen MR) is 74.1 cm³/mol. The molecule has 4 heteroatoms. The van der Waals surface area contributed by atoms with Crippen LogP contribution in [0.25, 0.3) is 0 Å². The number of halogens is 1. The van der Waals surface area contributed by atoms with E-state index < -0.39 is 0 Å². The van der Waals surface area contributed by atoms with E-state index in [0.29, 0.717) is 37.7 Å². The minimum absolute atomic E-state index is 0.0401. The van der Waals surface area contributed by atoms with Crippen molar-refractivity contribution in [2.75, 3.05) is 26.3 Å². The van der Waals surface area contributed by atoms with Gasteiger partial charge in [0.25, 0.3) is 5.91 Å². The van der Waals surface area contributed by atoms with Gasteiger partial charge in [0.15, 0.2) is 0 Å². The minimum Gasteiger partial charge on any atom is -0.380 e. The van der Waals surface area contributed by atoms with E-state index >= 15 is 0 Å². The topological polar surface area (TPSA) is 29.5 Å². The molecule has 0 saturated carbocycles. The van der Waals surface area contributed by atoms with Crippen LogP contribution in [0.5, 0.6) is 0 Å². The smallest absolute Gasteiger partial charge is 0.253 e. The van der Waals surface area contributed by atoms with Gasteiger partial charge in [0.2, 0.25) is 0 Å². The van der Waals surface area contributed by atoms with E-state index in [2.05, 4.69) is 0 Å². The molecule has 0 heterocycles. The van der Waals surface area contributed by atoms with Gasteiger partial charge in [-0.25, -0.2) is 0 Å². The molecule has 18 heavy (non-hydrogen) atoms. The highest BCUT2D eigenvalue weighted by Crippen LogP contribution is 2.09. The Balaban J connectivity index is 2.64. The third kappa shape index (κ3) is 4.31. The maximum absolute atomic E-state index is 12.2. The Kier molecular flexibility index (Phi) is 6.76. The summed E-state index contributed by atoms with van der Waals surface area (Å²) >= 11 is 5.72. The molecule has 0 aliphatic carbocycles. The molecular weight excluding hydrogens is 250 g/mol. The Bertz CT molecular complexity index is 365. The number of hydrogen-bond donors (Lipinski definition) is 0. The zero-order valence-corrected chi connectivity index (χ0v) is 11.7. The largest absolute Gasteiger partial charge is 0.380 e. The molecule has 0 saturated heterocycles. The zero-order chi connectivity index (χ0) is 13.4. The summed E-state index contributed by atoms with van der Waals surface area (Å²) in [6, 6.07) is 7.42. The van der Waals surface area contributed by atoms with Crippen LogP contribution in [0.2, 0.25) is 0 Å². The first kappa shape index (κ1) is 15.0. The van der Waals surface area contributed by atoms with E-state index in [4.69, 9.17) is 16.3 Å². The summed E-state index contributed by atoms with van der Waals surface area (Å²) in [7, 11) is 0. The van der Waals surface area contributed by atoms with Gasteiger partial charge < -0.3 is 9.64 Å². The zero-order valence-electron chi connectivity index (χ0n) is 11.0. The van der Waals surface area contributed by atoms with Gasteiger partial charge in [-0.3, -0.25) is 4.79 Å². The number of hydrogen-bond acceptors (Lipinski definition) is 2. The average Bonchev–Trinajstić information content (AvgIpc) is 2.43. The van der Waals surface area contributed by atoms with Crippen molar-refractivity contribution in [3.63, 3.8) is 0 Å². The Hall–Kier alpha value is -1.06. The molecule has 0 bridgehead atoms. The highest BCUT2D eigenvalue weighted by atomic mass is 35.5. The second-order valence-corrected chi connectivity index (χ2v) is 4.18. The molecular formula is C14H20ClNO2. The van der Waals surface area contributed by atoms with Crippen LogP contribution in [0.1, 0.15) is 29.8 Å². The summed E-state index contributed by atoms with van der Waals surface area (Å²) < 4.78 is 5.28. The van der Waals surface area contributed by atoms with Gasteiger partial charge in [-0.15, -0.1) is 11.6 Å². The Morgan fingerprint density at radius 1 is 1.28 bits per heavy atom. The number of benzene rings is 1. The van der Waals surface area contributed by atoms with Gasteiger partial charge in [0.1, 0.15) is 0 Å². The molecule has 3 nitrogen and oxygen atoms in total. The van der Waals surface area contributed by atoms with Crippen LogP contribution in [0.4, 0.5) is 0 Å². The first-order chi connectivity index (χ1) is 8.72. The van der Waals surface area contributed by atoms with Crippen molar-refractivity contribution in [3.05, 3.63) is 35.4 Å². The van der Waals surface area contributed by atoms with Crippen molar-refractivity contribution in [1.82, 2.24) is 4.90 Å². The number of amides is 1. The van der Waals surface area contributed by atoms with Gasteiger partial charge in [0, 0.05) is 31.1 Å². The predicted octanol–water partition coefficient (Wildman–Crippen LogP) is 2.92. The maximum atomic E-state index is 12.2. The van der Waals surface area contributed by atoms with E-state index in [9.17, 15) is 4.79 Å². The van der Waals surface area contributed by atoms with E-state index in [1.165, 1.54) is 0 Å². The Morgan fingerprint density at radius 2 is 1.94 bits per heavy atom. The lowest BCUT2D eigenvalue weighted by Gasteiger charge is -2.20. The molecule has 1 rings (SSSR count). The molecule has 0 fully saturated rings. The van der Waals surface area contributed by atoms with Crippen molar-refractivity contribution >= 4 is 17.5 Å². The summed E-state index contributed by atoms with van der Waals surface area (Å²) in [5, 5.41) is 0. The van der Waals surface area contributed by atoms with Crippen LogP contribution >= 0.6 is 11.6 Å². The number of likely N-dealkylation sites (N-methyl/N-ethyl adjacent to an activating group) is 1.